The molecule has 2 heterocycles. The first-order valence-electron chi connectivity index (χ1n) is 11.4. The van der Waals surface area contributed by atoms with Crippen LogP contribution in [0.4, 0.5) is 16.2 Å². The number of halogens is 2. The van der Waals surface area contributed by atoms with E-state index in [0.29, 0.717) is 17.3 Å². The molecule has 0 radical (unpaired) electrons. The lowest BCUT2D eigenvalue weighted by Crippen LogP contribution is -2.40. The Kier molecular flexibility index (Phi) is 8.81. The first-order chi connectivity index (χ1) is 16.4. The highest BCUT2D eigenvalue weighted by atomic mass is 35.5. The second-order valence-electron chi connectivity index (χ2n) is 8.67. The standard InChI is InChI=1S/C25H29FN6O2.ClH/c1-16-15-28-25(31-22(16)32(2)3)30-19-10-8-18(9-11-19)29-23(33)21-5-4-14-27-24(21)34-20-12-6-17(26)7-13-20;/h4-7,12-15,18-19H,8-11H2,1-3H3,(H,29,33)(H,28,30,31);1H/t18-,19+;. The lowest BCUT2D eigenvalue weighted by atomic mass is 9.91. The topological polar surface area (TPSA) is 92.3 Å². The van der Waals surface area contributed by atoms with Crippen molar-refractivity contribution in [3.8, 4) is 11.6 Å². The number of nitrogens with zero attached hydrogens (tertiary/aromatic N) is 4. The van der Waals surface area contributed by atoms with Crippen LogP contribution in [0.3, 0.4) is 0 Å². The number of carbonyl (C=O) groups excluding carboxylic acids is 1. The molecular formula is C25H30ClFN6O2. The Balaban J connectivity index is 0.00000342. The molecule has 1 aliphatic carbocycles. The molecule has 186 valence electrons. The zero-order chi connectivity index (χ0) is 24.1. The molecular weight excluding hydrogens is 471 g/mol. The van der Waals surface area contributed by atoms with E-state index in [2.05, 4.69) is 25.6 Å². The number of nitrogens with one attached hydrogen (secondary N) is 2. The van der Waals surface area contributed by atoms with Crippen molar-refractivity contribution in [3.05, 3.63) is 65.7 Å². The maximum absolute atomic E-state index is 13.2. The molecule has 0 unspecified atom stereocenters. The van der Waals surface area contributed by atoms with Gasteiger partial charge in [0.1, 0.15) is 22.9 Å². The van der Waals surface area contributed by atoms with Gasteiger partial charge in [-0.15, -0.1) is 12.4 Å². The third-order valence-corrected chi connectivity index (χ3v) is 5.81. The van der Waals surface area contributed by atoms with E-state index < -0.39 is 0 Å². The Morgan fingerprint density at radius 1 is 1.06 bits per heavy atom. The Morgan fingerprint density at radius 2 is 1.74 bits per heavy atom. The van der Waals surface area contributed by atoms with Gasteiger partial charge in [0, 0.05) is 44.1 Å². The smallest absolute Gasteiger partial charge is 0.257 e. The molecule has 1 saturated carbocycles. The van der Waals surface area contributed by atoms with Crippen LogP contribution in [0.15, 0.2) is 48.8 Å². The largest absolute Gasteiger partial charge is 0.438 e. The van der Waals surface area contributed by atoms with E-state index >= 15 is 0 Å². The van der Waals surface area contributed by atoms with Gasteiger partial charge in [-0.1, -0.05) is 0 Å². The molecule has 4 rings (SSSR count). The molecule has 1 amide bonds. The van der Waals surface area contributed by atoms with E-state index in [1.807, 2.05) is 32.1 Å². The SMILES string of the molecule is Cc1cnc(N[C@H]2CC[C@@H](NC(=O)c3cccnc3Oc3ccc(F)cc3)CC2)nc1N(C)C.Cl. The monoisotopic (exact) mass is 500 g/mol. The van der Waals surface area contributed by atoms with Crippen molar-refractivity contribution < 1.29 is 13.9 Å². The summed E-state index contributed by atoms with van der Waals surface area (Å²) in [6.45, 7) is 1.99. The third-order valence-electron chi connectivity index (χ3n) is 5.81. The molecule has 0 aliphatic heterocycles. The number of rotatable bonds is 7. The van der Waals surface area contributed by atoms with E-state index in [0.717, 1.165) is 37.1 Å². The third kappa shape index (κ3) is 6.79. The molecule has 0 spiro atoms. The highest BCUT2D eigenvalue weighted by Gasteiger charge is 2.25. The van der Waals surface area contributed by atoms with Gasteiger partial charge in [0.05, 0.1) is 0 Å². The number of anilines is 2. The fourth-order valence-electron chi connectivity index (χ4n) is 4.04. The summed E-state index contributed by atoms with van der Waals surface area (Å²) in [7, 11) is 3.93. The van der Waals surface area contributed by atoms with Crippen LogP contribution in [0.25, 0.3) is 0 Å². The van der Waals surface area contributed by atoms with Gasteiger partial charge >= 0.3 is 0 Å². The van der Waals surface area contributed by atoms with Crippen LogP contribution in [0.2, 0.25) is 0 Å². The van der Waals surface area contributed by atoms with E-state index in [1.54, 1.807) is 18.3 Å². The Morgan fingerprint density at radius 3 is 2.43 bits per heavy atom. The minimum atomic E-state index is -0.358. The van der Waals surface area contributed by atoms with Crippen molar-refractivity contribution in [2.45, 2.75) is 44.7 Å². The van der Waals surface area contributed by atoms with Crippen LogP contribution in [0.1, 0.15) is 41.6 Å². The highest BCUT2D eigenvalue weighted by Crippen LogP contribution is 2.26. The average molecular weight is 501 g/mol. The zero-order valence-corrected chi connectivity index (χ0v) is 20.8. The summed E-state index contributed by atoms with van der Waals surface area (Å²) in [5, 5.41) is 6.53. The molecule has 0 saturated heterocycles. The normalized spacial score (nSPS) is 17.1. The molecule has 1 aromatic carbocycles. The number of carbonyl (C=O) groups is 1. The summed E-state index contributed by atoms with van der Waals surface area (Å²) < 4.78 is 18.9. The minimum Gasteiger partial charge on any atom is -0.438 e. The fraction of sp³-hybridized carbons (Fsp3) is 0.360. The predicted octanol–water partition coefficient (Wildman–Crippen LogP) is 4.75. The van der Waals surface area contributed by atoms with E-state index in [1.165, 1.54) is 24.3 Å². The lowest BCUT2D eigenvalue weighted by molar-refractivity contribution is 0.0923. The number of aryl methyl sites for hydroxylation is 1. The Bertz CT molecular complexity index is 1140. The highest BCUT2D eigenvalue weighted by molar-refractivity contribution is 5.96. The van der Waals surface area contributed by atoms with Gasteiger partial charge in [0.25, 0.3) is 5.91 Å². The summed E-state index contributed by atoms with van der Waals surface area (Å²) in [6, 6.07) is 9.27. The summed E-state index contributed by atoms with van der Waals surface area (Å²) in [5.41, 5.74) is 1.37. The van der Waals surface area contributed by atoms with Gasteiger partial charge in [-0.2, -0.15) is 4.98 Å². The number of hydrogen-bond donors (Lipinski definition) is 2. The number of hydrogen-bond acceptors (Lipinski definition) is 7. The fourth-order valence-corrected chi connectivity index (χ4v) is 4.04. The first kappa shape index (κ1) is 26.2. The molecule has 0 bridgehead atoms. The maximum atomic E-state index is 13.2. The summed E-state index contributed by atoms with van der Waals surface area (Å²) in [4.78, 5) is 28.1. The molecule has 3 aromatic rings. The van der Waals surface area contributed by atoms with Gasteiger partial charge < -0.3 is 20.3 Å². The van der Waals surface area contributed by atoms with E-state index in [9.17, 15) is 9.18 Å². The van der Waals surface area contributed by atoms with Crippen LogP contribution in [-0.4, -0.2) is 47.0 Å². The van der Waals surface area contributed by atoms with Crippen molar-refractivity contribution in [1.82, 2.24) is 20.3 Å². The number of amides is 1. The molecule has 10 heteroatoms. The molecule has 1 aliphatic rings. The average Bonchev–Trinajstić information content (AvgIpc) is 2.83. The van der Waals surface area contributed by atoms with Gasteiger partial charge in [0.2, 0.25) is 11.8 Å². The van der Waals surface area contributed by atoms with Crippen molar-refractivity contribution >= 4 is 30.1 Å². The van der Waals surface area contributed by atoms with Gasteiger partial charge in [-0.05, 0) is 69.0 Å². The Labute approximate surface area is 210 Å². The zero-order valence-electron chi connectivity index (χ0n) is 20.0. The number of aromatic nitrogens is 3. The van der Waals surface area contributed by atoms with Crippen molar-refractivity contribution in [2.75, 3.05) is 24.3 Å². The van der Waals surface area contributed by atoms with E-state index in [4.69, 9.17) is 4.74 Å². The number of pyridine rings is 1. The minimum absolute atomic E-state index is 0. The second-order valence-corrected chi connectivity index (χ2v) is 8.67. The van der Waals surface area contributed by atoms with Gasteiger partial charge in [0.15, 0.2) is 0 Å². The van der Waals surface area contributed by atoms with E-state index in [-0.39, 0.29) is 42.1 Å². The summed E-state index contributed by atoms with van der Waals surface area (Å²) in [6.07, 6.45) is 6.85. The lowest BCUT2D eigenvalue weighted by Gasteiger charge is -2.30. The molecule has 1 fully saturated rings. The second kappa shape index (κ2) is 11.8. The van der Waals surface area contributed by atoms with Crippen LogP contribution in [0.5, 0.6) is 11.6 Å². The molecule has 2 aromatic heterocycles. The van der Waals surface area contributed by atoms with Crippen LogP contribution in [0, 0.1) is 12.7 Å². The maximum Gasteiger partial charge on any atom is 0.257 e. The number of ether oxygens (including phenoxy) is 1. The molecule has 0 atom stereocenters. The quantitative estimate of drug-likeness (QED) is 0.483. The van der Waals surface area contributed by atoms with Crippen LogP contribution < -0.4 is 20.3 Å². The predicted molar refractivity (Wildman–Crippen MR) is 136 cm³/mol. The van der Waals surface area contributed by atoms with Gasteiger partial charge in [-0.25, -0.2) is 14.4 Å². The van der Waals surface area contributed by atoms with Gasteiger partial charge in [-0.3, -0.25) is 4.79 Å². The van der Waals surface area contributed by atoms with Crippen molar-refractivity contribution in [1.29, 1.82) is 0 Å². The van der Waals surface area contributed by atoms with Crippen molar-refractivity contribution in [2.24, 2.45) is 0 Å². The van der Waals surface area contributed by atoms with Crippen LogP contribution >= 0.6 is 12.4 Å². The molecule has 8 nitrogen and oxygen atoms in total. The molecule has 35 heavy (non-hydrogen) atoms. The first-order valence-corrected chi connectivity index (χ1v) is 11.4. The Hall–Kier alpha value is -3.46. The summed E-state index contributed by atoms with van der Waals surface area (Å²) in [5.74, 6) is 1.53. The van der Waals surface area contributed by atoms with Crippen molar-refractivity contribution in [3.63, 3.8) is 0 Å². The van der Waals surface area contributed by atoms with Crippen LogP contribution in [-0.2, 0) is 0 Å². The summed E-state index contributed by atoms with van der Waals surface area (Å²) >= 11 is 0. The number of benzene rings is 1. The molecule has 2 N–H and O–H groups in total.